The molecule has 4 nitrogen and oxygen atoms in total. The highest BCUT2D eigenvalue weighted by Gasteiger charge is 2.35. The minimum Gasteiger partial charge on any atom is -0.444 e. The van der Waals surface area contributed by atoms with Crippen LogP contribution in [0.25, 0.3) is 0 Å². The number of hydrogen-bond acceptors (Lipinski definition) is 3. The van der Waals surface area contributed by atoms with E-state index in [1.165, 1.54) is 0 Å². The fourth-order valence-electron chi connectivity index (χ4n) is 1.35. The van der Waals surface area contributed by atoms with Crippen LogP contribution in [0, 0.1) is 0 Å². The molecule has 92 valence electrons. The third-order valence-electron chi connectivity index (χ3n) is 2.36. The highest BCUT2D eigenvalue weighted by molar-refractivity contribution is 5.84. The van der Waals surface area contributed by atoms with E-state index in [-0.39, 0.29) is 24.5 Å². The Bertz CT molecular complexity index is 276. The summed E-state index contributed by atoms with van der Waals surface area (Å²) >= 11 is 0. The van der Waals surface area contributed by atoms with Crippen molar-refractivity contribution in [2.24, 2.45) is 0 Å². The molecule has 1 rings (SSSR count). The molecule has 0 aromatic heterocycles. The molecule has 0 unspecified atom stereocenters. The van der Waals surface area contributed by atoms with Gasteiger partial charge in [0.25, 0.3) is 0 Å². The average molecular weight is 227 g/mol. The van der Waals surface area contributed by atoms with Gasteiger partial charge in [0.1, 0.15) is 5.60 Å². The van der Waals surface area contributed by atoms with Crippen LogP contribution in [0.2, 0.25) is 0 Å². The molecule has 0 atom stereocenters. The summed E-state index contributed by atoms with van der Waals surface area (Å²) in [5.41, 5.74) is -0.501. The standard InChI is InChI=1S/C12H21NO3/c1-5-10(14)8-13(9-6-7-9)11(15)16-12(2,3)4/h9H,5-8H2,1-4H3. The van der Waals surface area contributed by atoms with Crippen LogP contribution in [0.15, 0.2) is 0 Å². The van der Waals surface area contributed by atoms with E-state index in [0.29, 0.717) is 6.42 Å². The number of Topliss-reactive ketones (excluding diaryl/α,β-unsaturated/α-hetero) is 1. The van der Waals surface area contributed by atoms with Crippen molar-refractivity contribution in [3.63, 3.8) is 0 Å². The van der Waals surface area contributed by atoms with Gasteiger partial charge in [0.05, 0.1) is 6.54 Å². The number of hydrogen-bond donors (Lipinski definition) is 0. The van der Waals surface area contributed by atoms with E-state index in [1.807, 2.05) is 27.7 Å². The summed E-state index contributed by atoms with van der Waals surface area (Å²) in [6.07, 6.45) is 2.06. The van der Waals surface area contributed by atoms with E-state index in [4.69, 9.17) is 4.74 Å². The van der Waals surface area contributed by atoms with E-state index >= 15 is 0 Å². The van der Waals surface area contributed by atoms with Gasteiger partial charge in [-0.3, -0.25) is 9.69 Å². The molecule has 4 heteroatoms. The molecule has 0 saturated heterocycles. The molecule has 0 bridgehead atoms. The zero-order valence-corrected chi connectivity index (χ0v) is 10.6. The predicted octanol–water partition coefficient (Wildman–Crippen LogP) is 2.37. The first kappa shape index (κ1) is 13.0. The topological polar surface area (TPSA) is 46.6 Å². The van der Waals surface area contributed by atoms with Crippen LogP contribution in [-0.2, 0) is 9.53 Å². The van der Waals surface area contributed by atoms with Crippen molar-refractivity contribution < 1.29 is 14.3 Å². The summed E-state index contributed by atoms with van der Waals surface area (Å²) in [4.78, 5) is 24.8. The number of amides is 1. The molecule has 0 radical (unpaired) electrons. The quantitative estimate of drug-likeness (QED) is 0.740. The number of rotatable bonds is 4. The van der Waals surface area contributed by atoms with Crippen molar-refractivity contribution in [3.05, 3.63) is 0 Å². The van der Waals surface area contributed by atoms with Crippen molar-refractivity contribution >= 4 is 11.9 Å². The first-order chi connectivity index (χ1) is 7.33. The number of nitrogens with zero attached hydrogens (tertiary/aromatic N) is 1. The summed E-state index contributed by atoms with van der Waals surface area (Å²) in [6.45, 7) is 7.49. The lowest BCUT2D eigenvalue weighted by atomic mass is 10.2. The van der Waals surface area contributed by atoms with Crippen molar-refractivity contribution in [3.8, 4) is 0 Å². The first-order valence-electron chi connectivity index (χ1n) is 5.85. The number of ketones is 1. The van der Waals surface area contributed by atoms with Gasteiger partial charge in [-0.1, -0.05) is 6.92 Å². The van der Waals surface area contributed by atoms with Crippen LogP contribution in [0.1, 0.15) is 47.0 Å². The summed E-state index contributed by atoms with van der Waals surface area (Å²) in [5, 5.41) is 0. The number of carbonyl (C=O) groups is 2. The summed E-state index contributed by atoms with van der Waals surface area (Å²) in [5.74, 6) is 0.0813. The first-order valence-corrected chi connectivity index (χ1v) is 5.85. The average Bonchev–Trinajstić information content (AvgIpc) is 2.93. The van der Waals surface area contributed by atoms with E-state index in [1.54, 1.807) is 4.90 Å². The minimum atomic E-state index is -0.501. The van der Waals surface area contributed by atoms with Crippen molar-refractivity contribution in [1.82, 2.24) is 4.90 Å². The van der Waals surface area contributed by atoms with Gasteiger partial charge in [-0.2, -0.15) is 0 Å². The van der Waals surface area contributed by atoms with Crippen LogP contribution in [0.4, 0.5) is 4.79 Å². The van der Waals surface area contributed by atoms with Crippen molar-refractivity contribution in [2.45, 2.75) is 58.6 Å². The molecule has 1 aliphatic rings. The zero-order chi connectivity index (χ0) is 12.3. The second kappa shape index (κ2) is 4.85. The van der Waals surface area contributed by atoms with Crippen LogP contribution in [0.5, 0.6) is 0 Å². The third-order valence-corrected chi connectivity index (χ3v) is 2.36. The van der Waals surface area contributed by atoms with Gasteiger partial charge in [-0.25, -0.2) is 4.79 Å². The minimum absolute atomic E-state index is 0.0813. The lowest BCUT2D eigenvalue weighted by Crippen LogP contribution is -2.41. The predicted molar refractivity (Wildman–Crippen MR) is 61.3 cm³/mol. The smallest absolute Gasteiger partial charge is 0.410 e. The van der Waals surface area contributed by atoms with Gasteiger partial charge in [-0.05, 0) is 33.6 Å². The summed E-state index contributed by atoms with van der Waals surface area (Å²) < 4.78 is 5.28. The molecular weight excluding hydrogens is 206 g/mol. The molecular formula is C12H21NO3. The summed E-state index contributed by atoms with van der Waals surface area (Å²) in [7, 11) is 0. The fourth-order valence-corrected chi connectivity index (χ4v) is 1.35. The number of carbonyl (C=O) groups excluding carboxylic acids is 2. The van der Waals surface area contributed by atoms with E-state index in [2.05, 4.69) is 0 Å². The van der Waals surface area contributed by atoms with Crippen LogP contribution < -0.4 is 0 Å². The molecule has 0 aromatic rings. The van der Waals surface area contributed by atoms with E-state index in [9.17, 15) is 9.59 Å². The van der Waals surface area contributed by atoms with Crippen molar-refractivity contribution in [2.75, 3.05) is 6.54 Å². The van der Waals surface area contributed by atoms with Gasteiger partial charge in [0.2, 0.25) is 0 Å². The Morgan fingerprint density at radius 1 is 1.31 bits per heavy atom. The highest BCUT2D eigenvalue weighted by Crippen LogP contribution is 2.28. The van der Waals surface area contributed by atoms with E-state index in [0.717, 1.165) is 12.8 Å². The van der Waals surface area contributed by atoms with Gasteiger partial charge in [-0.15, -0.1) is 0 Å². The molecule has 1 saturated carbocycles. The lowest BCUT2D eigenvalue weighted by Gasteiger charge is -2.26. The third kappa shape index (κ3) is 4.21. The Labute approximate surface area is 96.9 Å². The Hall–Kier alpha value is -1.06. The van der Waals surface area contributed by atoms with Crippen LogP contribution >= 0.6 is 0 Å². The Morgan fingerprint density at radius 2 is 1.88 bits per heavy atom. The van der Waals surface area contributed by atoms with Gasteiger partial charge in [0, 0.05) is 12.5 Å². The molecule has 16 heavy (non-hydrogen) atoms. The SMILES string of the molecule is CCC(=O)CN(C(=O)OC(C)(C)C)C1CC1. The van der Waals surface area contributed by atoms with Gasteiger partial charge in [0.15, 0.2) is 5.78 Å². The molecule has 0 aromatic carbocycles. The van der Waals surface area contributed by atoms with Gasteiger partial charge < -0.3 is 4.74 Å². The van der Waals surface area contributed by atoms with Crippen LogP contribution in [-0.4, -0.2) is 35.0 Å². The monoisotopic (exact) mass is 227 g/mol. The zero-order valence-electron chi connectivity index (χ0n) is 10.6. The van der Waals surface area contributed by atoms with Crippen molar-refractivity contribution in [1.29, 1.82) is 0 Å². The Balaban J connectivity index is 2.56. The second-order valence-corrected chi connectivity index (χ2v) is 5.23. The molecule has 1 amide bonds. The molecule has 0 heterocycles. The molecule has 0 N–H and O–H groups in total. The number of ether oxygens (including phenoxy) is 1. The largest absolute Gasteiger partial charge is 0.444 e. The maximum absolute atomic E-state index is 11.8. The summed E-state index contributed by atoms with van der Waals surface area (Å²) in [6, 6.07) is 0.213. The molecule has 1 fully saturated rings. The normalized spacial score (nSPS) is 15.8. The Morgan fingerprint density at radius 3 is 2.25 bits per heavy atom. The molecule has 1 aliphatic carbocycles. The molecule has 0 spiro atoms. The maximum Gasteiger partial charge on any atom is 0.410 e. The molecule has 0 aliphatic heterocycles. The maximum atomic E-state index is 11.8. The highest BCUT2D eigenvalue weighted by atomic mass is 16.6. The van der Waals surface area contributed by atoms with Crippen LogP contribution in [0.3, 0.4) is 0 Å². The second-order valence-electron chi connectivity index (χ2n) is 5.23. The van der Waals surface area contributed by atoms with E-state index < -0.39 is 5.60 Å². The van der Waals surface area contributed by atoms with Gasteiger partial charge >= 0.3 is 6.09 Å². The Kier molecular flexibility index (Phi) is 3.94. The fraction of sp³-hybridized carbons (Fsp3) is 0.833. The lowest BCUT2D eigenvalue weighted by molar-refractivity contribution is -0.120.